The Morgan fingerprint density at radius 3 is 2.61 bits per heavy atom. The second-order valence-corrected chi connectivity index (χ2v) is 4.20. The van der Waals surface area contributed by atoms with E-state index in [9.17, 15) is 4.79 Å². The largest absolute Gasteiger partial charge is 0.495 e. The molecule has 0 heterocycles. The van der Waals surface area contributed by atoms with Crippen LogP contribution in [0.4, 0.5) is 5.69 Å². The van der Waals surface area contributed by atoms with Crippen molar-refractivity contribution < 1.29 is 9.53 Å². The number of carbonyl (C=O) groups excluding carboxylic acids is 1. The predicted octanol–water partition coefficient (Wildman–Crippen LogP) is 2.63. The van der Waals surface area contributed by atoms with Gasteiger partial charge >= 0.3 is 0 Å². The first-order valence-corrected chi connectivity index (χ1v) is 6.35. The van der Waals surface area contributed by atoms with Gasteiger partial charge in [-0.2, -0.15) is 0 Å². The number of methoxy groups -OCH3 is 1. The number of amides is 1. The highest BCUT2D eigenvalue weighted by atomic mass is 35.5. The maximum absolute atomic E-state index is 11.9. The van der Waals surface area contributed by atoms with Crippen LogP contribution in [0.25, 0.3) is 0 Å². The summed E-state index contributed by atoms with van der Waals surface area (Å²) in [7, 11) is 1.58. The third-order valence-electron chi connectivity index (χ3n) is 2.71. The minimum Gasteiger partial charge on any atom is -0.495 e. The molecule has 0 aliphatic carbocycles. The fraction of sp³-hybridized carbons (Fsp3) is 0.462. The lowest BCUT2D eigenvalue weighted by molar-refractivity contribution is -0.128. The van der Waals surface area contributed by atoms with Gasteiger partial charge in [0.1, 0.15) is 5.75 Å². The van der Waals surface area contributed by atoms with Gasteiger partial charge in [0.2, 0.25) is 5.91 Å². The van der Waals surface area contributed by atoms with Crippen molar-refractivity contribution in [3.63, 3.8) is 0 Å². The first-order valence-electron chi connectivity index (χ1n) is 5.97. The number of hydrogen-bond donors (Lipinski definition) is 1. The number of nitrogens with zero attached hydrogens (tertiary/aromatic N) is 1. The molecule has 0 saturated heterocycles. The lowest BCUT2D eigenvalue weighted by Crippen LogP contribution is -2.35. The molecular weight excluding hydrogens is 252 g/mol. The van der Waals surface area contributed by atoms with Crippen LogP contribution < -0.4 is 10.1 Å². The Morgan fingerprint density at radius 2 is 2.06 bits per heavy atom. The molecule has 5 heteroatoms. The number of nitrogens with one attached hydrogen (secondary N) is 1. The maximum atomic E-state index is 11.9. The second-order valence-electron chi connectivity index (χ2n) is 3.76. The third kappa shape index (κ3) is 3.81. The Hall–Kier alpha value is -1.42. The average molecular weight is 271 g/mol. The Labute approximate surface area is 113 Å². The zero-order chi connectivity index (χ0) is 13.5. The van der Waals surface area contributed by atoms with E-state index in [1.165, 1.54) is 0 Å². The van der Waals surface area contributed by atoms with Crippen molar-refractivity contribution in [3.8, 4) is 5.75 Å². The number of halogens is 1. The minimum atomic E-state index is 0.0574. The Balaban J connectivity index is 2.68. The second kappa shape index (κ2) is 7.11. The van der Waals surface area contributed by atoms with Crippen molar-refractivity contribution in [1.29, 1.82) is 0 Å². The molecule has 0 fully saturated rings. The summed E-state index contributed by atoms with van der Waals surface area (Å²) in [4.78, 5) is 13.6. The lowest BCUT2D eigenvalue weighted by Gasteiger charge is -2.19. The van der Waals surface area contributed by atoms with E-state index in [0.29, 0.717) is 23.9 Å². The van der Waals surface area contributed by atoms with Crippen molar-refractivity contribution in [2.45, 2.75) is 13.8 Å². The van der Waals surface area contributed by atoms with E-state index in [2.05, 4.69) is 5.32 Å². The molecule has 0 aromatic heterocycles. The lowest BCUT2D eigenvalue weighted by atomic mass is 10.3. The molecule has 1 rings (SSSR count). The number of rotatable bonds is 6. The molecule has 1 aromatic rings. The summed E-state index contributed by atoms with van der Waals surface area (Å²) < 4.78 is 5.20. The van der Waals surface area contributed by atoms with Gasteiger partial charge in [-0.25, -0.2) is 0 Å². The molecule has 1 aromatic carbocycles. The van der Waals surface area contributed by atoms with Crippen LogP contribution in [-0.2, 0) is 4.79 Å². The van der Waals surface area contributed by atoms with Gasteiger partial charge in [-0.1, -0.05) is 11.6 Å². The smallest absolute Gasteiger partial charge is 0.241 e. The Kier molecular flexibility index (Phi) is 5.78. The standard InChI is InChI=1S/C13H19ClN2O2/c1-4-16(5-2)13(17)9-15-11-8-10(14)6-7-12(11)18-3/h6-8,15H,4-5,9H2,1-3H3. The van der Waals surface area contributed by atoms with Crippen LogP contribution in [0.1, 0.15) is 13.8 Å². The maximum Gasteiger partial charge on any atom is 0.241 e. The van der Waals surface area contributed by atoms with Crippen molar-refractivity contribution >= 4 is 23.2 Å². The van der Waals surface area contributed by atoms with Crippen LogP contribution in [0.2, 0.25) is 5.02 Å². The van der Waals surface area contributed by atoms with Crippen LogP contribution in [0, 0.1) is 0 Å². The number of carbonyl (C=O) groups is 1. The van der Waals surface area contributed by atoms with E-state index in [0.717, 1.165) is 5.69 Å². The molecular formula is C13H19ClN2O2. The van der Waals surface area contributed by atoms with Crippen LogP contribution >= 0.6 is 11.6 Å². The van der Waals surface area contributed by atoms with E-state index < -0.39 is 0 Å². The highest BCUT2D eigenvalue weighted by Crippen LogP contribution is 2.27. The van der Waals surface area contributed by atoms with Gasteiger partial charge in [0.15, 0.2) is 0 Å². The van der Waals surface area contributed by atoms with Crippen LogP contribution in [0.5, 0.6) is 5.75 Å². The summed E-state index contributed by atoms with van der Waals surface area (Å²) >= 11 is 5.92. The molecule has 0 spiro atoms. The summed E-state index contributed by atoms with van der Waals surface area (Å²) in [6.07, 6.45) is 0. The highest BCUT2D eigenvalue weighted by molar-refractivity contribution is 6.30. The predicted molar refractivity (Wildman–Crippen MR) is 74.4 cm³/mol. The van der Waals surface area contributed by atoms with E-state index in [4.69, 9.17) is 16.3 Å². The Morgan fingerprint density at radius 1 is 1.39 bits per heavy atom. The van der Waals surface area contributed by atoms with Crippen LogP contribution in [-0.4, -0.2) is 37.6 Å². The molecule has 100 valence electrons. The van der Waals surface area contributed by atoms with Crippen LogP contribution in [0.15, 0.2) is 18.2 Å². The molecule has 0 aliphatic heterocycles. The van der Waals surface area contributed by atoms with Gasteiger partial charge in [-0.15, -0.1) is 0 Å². The molecule has 4 nitrogen and oxygen atoms in total. The van der Waals surface area contributed by atoms with Gasteiger partial charge in [-0.05, 0) is 32.0 Å². The van der Waals surface area contributed by atoms with E-state index >= 15 is 0 Å². The van der Waals surface area contributed by atoms with Gasteiger partial charge < -0.3 is 15.0 Å². The summed E-state index contributed by atoms with van der Waals surface area (Å²) in [6.45, 7) is 5.58. The van der Waals surface area contributed by atoms with Gasteiger partial charge in [0.25, 0.3) is 0 Å². The molecule has 0 saturated carbocycles. The van der Waals surface area contributed by atoms with Crippen molar-refractivity contribution in [3.05, 3.63) is 23.2 Å². The fourth-order valence-electron chi connectivity index (χ4n) is 1.68. The molecule has 0 atom stereocenters. The van der Waals surface area contributed by atoms with Crippen molar-refractivity contribution in [2.24, 2.45) is 0 Å². The minimum absolute atomic E-state index is 0.0574. The molecule has 0 unspecified atom stereocenters. The molecule has 1 amide bonds. The van der Waals surface area contributed by atoms with Gasteiger partial charge in [-0.3, -0.25) is 4.79 Å². The SMILES string of the molecule is CCN(CC)C(=O)CNc1cc(Cl)ccc1OC. The third-order valence-corrected chi connectivity index (χ3v) is 2.94. The normalized spacial score (nSPS) is 10.0. The first kappa shape index (κ1) is 14.6. The summed E-state index contributed by atoms with van der Waals surface area (Å²) in [5.74, 6) is 0.730. The average Bonchev–Trinajstić information content (AvgIpc) is 2.38. The Bertz CT molecular complexity index is 406. The van der Waals surface area contributed by atoms with E-state index in [-0.39, 0.29) is 12.5 Å². The van der Waals surface area contributed by atoms with Crippen molar-refractivity contribution in [1.82, 2.24) is 4.90 Å². The first-order chi connectivity index (χ1) is 8.62. The summed E-state index contributed by atoms with van der Waals surface area (Å²) in [6, 6.07) is 5.26. The van der Waals surface area contributed by atoms with Crippen molar-refractivity contribution in [2.75, 3.05) is 32.1 Å². The molecule has 0 bridgehead atoms. The monoisotopic (exact) mass is 270 g/mol. The number of anilines is 1. The molecule has 0 aliphatic rings. The summed E-state index contributed by atoms with van der Waals surface area (Å²) in [5.41, 5.74) is 0.727. The number of hydrogen-bond acceptors (Lipinski definition) is 3. The van der Waals surface area contributed by atoms with E-state index in [1.54, 1.807) is 30.2 Å². The molecule has 18 heavy (non-hydrogen) atoms. The highest BCUT2D eigenvalue weighted by Gasteiger charge is 2.10. The molecule has 1 N–H and O–H groups in total. The topological polar surface area (TPSA) is 41.6 Å². The zero-order valence-electron chi connectivity index (χ0n) is 11.0. The fourth-order valence-corrected chi connectivity index (χ4v) is 1.85. The number of ether oxygens (including phenoxy) is 1. The van der Waals surface area contributed by atoms with Gasteiger partial charge in [0, 0.05) is 18.1 Å². The number of likely N-dealkylation sites (N-methyl/N-ethyl adjacent to an activating group) is 1. The quantitative estimate of drug-likeness (QED) is 0.864. The summed E-state index contributed by atoms with van der Waals surface area (Å²) in [5, 5.41) is 3.66. The van der Waals surface area contributed by atoms with Gasteiger partial charge in [0.05, 0.1) is 19.3 Å². The van der Waals surface area contributed by atoms with Crippen LogP contribution in [0.3, 0.4) is 0 Å². The molecule has 0 radical (unpaired) electrons. The van der Waals surface area contributed by atoms with E-state index in [1.807, 2.05) is 13.8 Å². The zero-order valence-corrected chi connectivity index (χ0v) is 11.8. The number of benzene rings is 1.